The highest BCUT2D eigenvalue weighted by molar-refractivity contribution is 5.20. The van der Waals surface area contributed by atoms with Gasteiger partial charge in [-0.15, -0.1) is 0 Å². The van der Waals surface area contributed by atoms with Gasteiger partial charge in [-0.2, -0.15) is 0 Å². The Hall–Kier alpha value is -1.02. The molecule has 2 fully saturated rings. The molecule has 1 saturated carbocycles. The summed E-state index contributed by atoms with van der Waals surface area (Å²) in [5.74, 6) is 2.68. The first kappa shape index (κ1) is 12.0. The Bertz CT molecular complexity index is 359. The predicted octanol–water partition coefficient (Wildman–Crippen LogP) is 3.19. The number of nitrogens with zero attached hydrogens (tertiary/aromatic N) is 1. The van der Waals surface area contributed by atoms with E-state index >= 15 is 0 Å². The summed E-state index contributed by atoms with van der Waals surface area (Å²) in [4.78, 5) is 2.64. The maximum atomic E-state index is 5.89. The van der Waals surface area contributed by atoms with Crippen molar-refractivity contribution >= 4 is 0 Å². The largest absolute Gasteiger partial charge is 0.493 e. The van der Waals surface area contributed by atoms with Gasteiger partial charge in [0.1, 0.15) is 5.75 Å². The highest BCUT2D eigenvalue weighted by Crippen LogP contribution is 2.35. The van der Waals surface area contributed by atoms with Crippen LogP contribution in [0.4, 0.5) is 0 Å². The van der Waals surface area contributed by atoms with Crippen molar-refractivity contribution in [1.29, 1.82) is 0 Å². The molecule has 1 heterocycles. The maximum Gasteiger partial charge on any atom is 0.119 e. The fraction of sp³-hybridized carbons (Fsp3) is 0.625. The SMILES string of the molecule is c1ccc(OCC2CCC2CN2CCCC2)cc1. The Balaban J connectivity index is 1.43. The molecule has 2 aliphatic rings. The predicted molar refractivity (Wildman–Crippen MR) is 73.8 cm³/mol. The van der Waals surface area contributed by atoms with Crippen LogP contribution in [0.2, 0.25) is 0 Å². The second-order valence-electron chi connectivity index (χ2n) is 5.73. The van der Waals surface area contributed by atoms with E-state index in [1.807, 2.05) is 30.3 Å². The van der Waals surface area contributed by atoms with Gasteiger partial charge in [-0.25, -0.2) is 0 Å². The molecular weight excluding hydrogens is 222 g/mol. The number of rotatable bonds is 5. The average Bonchev–Trinajstić information content (AvgIpc) is 2.89. The number of benzene rings is 1. The lowest BCUT2D eigenvalue weighted by Crippen LogP contribution is -2.39. The third-order valence-electron chi connectivity index (χ3n) is 4.47. The van der Waals surface area contributed by atoms with E-state index in [1.165, 1.54) is 45.3 Å². The molecule has 0 aromatic heterocycles. The minimum atomic E-state index is 0.783. The molecule has 0 radical (unpaired) electrons. The van der Waals surface area contributed by atoms with E-state index in [4.69, 9.17) is 4.74 Å². The summed E-state index contributed by atoms with van der Waals surface area (Å²) in [6.07, 6.45) is 5.56. The maximum absolute atomic E-state index is 5.89. The van der Waals surface area contributed by atoms with Gasteiger partial charge in [-0.1, -0.05) is 18.2 Å². The zero-order chi connectivity index (χ0) is 12.2. The van der Waals surface area contributed by atoms with Crippen LogP contribution < -0.4 is 4.74 Å². The van der Waals surface area contributed by atoms with Gasteiger partial charge in [-0.3, -0.25) is 0 Å². The second-order valence-corrected chi connectivity index (χ2v) is 5.73. The van der Waals surface area contributed by atoms with Crippen molar-refractivity contribution in [3.63, 3.8) is 0 Å². The minimum absolute atomic E-state index is 0.783. The molecule has 2 unspecified atom stereocenters. The van der Waals surface area contributed by atoms with Crippen molar-refractivity contribution in [1.82, 2.24) is 4.90 Å². The smallest absolute Gasteiger partial charge is 0.119 e. The number of para-hydroxylation sites is 1. The van der Waals surface area contributed by atoms with Crippen LogP contribution in [0.5, 0.6) is 5.75 Å². The van der Waals surface area contributed by atoms with E-state index < -0.39 is 0 Å². The van der Waals surface area contributed by atoms with Gasteiger partial charge in [0.15, 0.2) is 0 Å². The lowest BCUT2D eigenvalue weighted by molar-refractivity contribution is 0.0751. The number of hydrogen-bond donors (Lipinski definition) is 0. The van der Waals surface area contributed by atoms with Crippen molar-refractivity contribution in [2.45, 2.75) is 25.7 Å². The summed E-state index contributed by atoms with van der Waals surface area (Å²) in [5.41, 5.74) is 0. The van der Waals surface area contributed by atoms with Crippen LogP contribution in [-0.4, -0.2) is 31.1 Å². The fourth-order valence-electron chi connectivity index (χ4n) is 3.11. The third kappa shape index (κ3) is 2.86. The van der Waals surface area contributed by atoms with Crippen LogP contribution >= 0.6 is 0 Å². The Labute approximate surface area is 110 Å². The molecule has 0 spiro atoms. The van der Waals surface area contributed by atoms with E-state index in [0.29, 0.717) is 0 Å². The van der Waals surface area contributed by atoms with Crippen LogP contribution in [0.25, 0.3) is 0 Å². The van der Waals surface area contributed by atoms with Crippen molar-refractivity contribution in [2.75, 3.05) is 26.2 Å². The molecule has 1 aromatic carbocycles. The van der Waals surface area contributed by atoms with E-state index in [9.17, 15) is 0 Å². The van der Waals surface area contributed by atoms with Gasteiger partial charge in [0.05, 0.1) is 6.61 Å². The summed E-state index contributed by atoms with van der Waals surface area (Å²) in [5, 5.41) is 0. The summed E-state index contributed by atoms with van der Waals surface area (Å²) < 4.78 is 5.89. The molecule has 98 valence electrons. The van der Waals surface area contributed by atoms with Crippen molar-refractivity contribution < 1.29 is 4.74 Å². The van der Waals surface area contributed by atoms with E-state index in [2.05, 4.69) is 4.90 Å². The van der Waals surface area contributed by atoms with Crippen LogP contribution in [0.15, 0.2) is 30.3 Å². The first-order valence-electron chi connectivity index (χ1n) is 7.32. The Morgan fingerprint density at radius 3 is 2.39 bits per heavy atom. The van der Waals surface area contributed by atoms with Gasteiger partial charge >= 0.3 is 0 Å². The monoisotopic (exact) mass is 245 g/mol. The molecule has 1 aliphatic heterocycles. The molecular formula is C16H23NO. The molecule has 1 aromatic rings. The highest BCUT2D eigenvalue weighted by atomic mass is 16.5. The molecule has 2 atom stereocenters. The fourth-order valence-corrected chi connectivity index (χ4v) is 3.11. The van der Waals surface area contributed by atoms with Crippen molar-refractivity contribution in [2.24, 2.45) is 11.8 Å². The molecule has 2 nitrogen and oxygen atoms in total. The number of likely N-dealkylation sites (tertiary alicyclic amines) is 1. The van der Waals surface area contributed by atoms with E-state index in [-0.39, 0.29) is 0 Å². The summed E-state index contributed by atoms with van der Waals surface area (Å²) >= 11 is 0. The molecule has 2 heteroatoms. The number of hydrogen-bond acceptors (Lipinski definition) is 2. The minimum Gasteiger partial charge on any atom is -0.493 e. The molecule has 3 rings (SSSR count). The molecule has 0 amide bonds. The zero-order valence-corrected chi connectivity index (χ0v) is 11.1. The molecule has 1 aliphatic carbocycles. The van der Waals surface area contributed by atoms with Crippen molar-refractivity contribution in [3.05, 3.63) is 30.3 Å². The zero-order valence-electron chi connectivity index (χ0n) is 11.1. The van der Waals surface area contributed by atoms with Crippen LogP contribution in [0.1, 0.15) is 25.7 Å². The quantitative estimate of drug-likeness (QED) is 0.790. The normalized spacial score (nSPS) is 28.0. The van der Waals surface area contributed by atoms with Gasteiger partial charge in [0, 0.05) is 6.54 Å². The topological polar surface area (TPSA) is 12.5 Å². The summed E-state index contributed by atoms with van der Waals surface area (Å²) in [6, 6.07) is 10.2. The van der Waals surface area contributed by atoms with Gasteiger partial charge in [0.25, 0.3) is 0 Å². The highest BCUT2D eigenvalue weighted by Gasteiger charge is 2.33. The average molecular weight is 245 g/mol. The molecule has 1 saturated heterocycles. The van der Waals surface area contributed by atoms with Crippen LogP contribution in [-0.2, 0) is 0 Å². The van der Waals surface area contributed by atoms with Crippen LogP contribution in [0.3, 0.4) is 0 Å². The van der Waals surface area contributed by atoms with E-state index in [0.717, 1.165) is 24.2 Å². The Kier molecular flexibility index (Phi) is 3.84. The van der Waals surface area contributed by atoms with Crippen LogP contribution in [0, 0.1) is 11.8 Å². The van der Waals surface area contributed by atoms with Gasteiger partial charge in [0.2, 0.25) is 0 Å². The molecule has 0 bridgehead atoms. The molecule has 0 N–H and O–H groups in total. The second kappa shape index (κ2) is 5.75. The number of ether oxygens (including phenoxy) is 1. The molecule has 18 heavy (non-hydrogen) atoms. The Morgan fingerprint density at radius 1 is 1.00 bits per heavy atom. The first-order valence-corrected chi connectivity index (χ1v) is 7.32. The third-order valence-corrected chi connectivity index (χ3v) is 4.47. The van der Waals surface area contributed by atoms with E-state index in [1.54, 1.807) is 0 Å². The standard InChI is InChI=1S/C16H23NO/c1-2-6-16(7-3-1)18-13-15-9-8-14(15)12-17-10-4-5-11-17/h1-3,6-7,14-15H,4-5,8-13H2. The lowest BCUT2D eigenvalue weighted by atomic mass is 9.74. The summed E-state index contributed by atoms with van der Waals surface area (Å²) in [7, 11) is 0. The summed E-state index contributed by atoms with van der Waals surface area (Å²) in [6.45, 7) is 4.86. The van der Waals surface area contributed by atoms with Gasteiger partial charge < -0.3 is 9.64 Å². The Morgan fingerprint density at radius 2 is 1.72 bits per heavy atom. The van der Waals surface area contributed by atoms with Gasteiger partial charge in [-0.05, 0) is 62.7 Å². The van der Waals surface area contributed by atoms with Crippen molar-refractivity contribution in [3.8, 4) is 5.75 Å². The first-order chi connectivity index (χ1) is 8.92. The lowest BCUT2D eigenvalue weighted by Gasteiger charge is -2.38.